The maximum absolute atomic E-state index is 5.28. The van der Waals surface area contributed by atoms with Crippen LogP contribution in [0.5, 0.6) is 5.75 Å². The molecule has 2 aromatic heterocycles. The molecule has 1 saturated carbocycles. The van der Waals surface area contributed by atoms with E-state index in [1.54, 1.807) is 18.9 Å². The molecule has 0 N–H and O–H groups in total. The zero-order valence-corrected chi connectivity index (χ0v) is 14.3. The Balaban J connectivity index is 1.48. The van der Waals surface area contributed by atoms with E-state index in [4.69, 9.17) is 9.26 Å². The molecule has 24 heavy (non-hydrogen) atoms. The van der Waals surface area contributed by atoms with Crippen LogP contribution in [0.1, 0.15) is 30.5 Å². The zero-order valence-electron chi connectivity index (χ0n) is 13.5. The molecular formula is C16H17N5O2S. The Labute approximate surface area is 143 Å². The number of hydrogen-bond donors (Lipinski definition) is 0. The SMILES string of the molecule is COc1cccc(-c2nnc(SCc3noc(C4CC4)n3)n2C)c1. The third-order valence-electron chi connectivity index (χ3n) is 3.90. The van der Waals surface area contributed by atoms with E-state index in [9.17, 15) is 0 Å². The molecule has 124 valence electrons. The van der Waals surface area contributed by atoms with E-state index in [1.165, 1.54) is 0 Å². The van der Waals surface area contributed by atoms with Crippen LogP contribution in [-0.2, 0) is 12.8 Å². The predicted octanol–water partition coefficient (Wildman–Crippen LogP) is 3.04. The fourth-order valence-electron chi connectivity index (χ4n) is 2.41. The monoisotopic (exact) mass is 343 g/mol. The second kappa shape index (κ2) is 6.27. The molecular weight excluding hydrogens is 326 g/mol. The molecule has 1 aliphatic rings. The van der Waals surface area contributed by atoms with Gasteiger partial charge in [-0.15, -0.1) is 10.2 Å². The summed E-state index contributed by atoms with van der Waals surface area (Å²) in [6, 6.07) is 7.78. The molecule has 3 aromatic rings. The summed E-state index contributed by atoms with van der Waals surface area (Å²) in [5, 5.41) is 13.4. The molecule has 0 radical (unpaired) electrons. The van der Waals surface area contributed by atoms with Crippen LogP contribution in [0.3, 0.4) is 0 Å². The molecule has 0 aliphatic heterocycles. The van der Waals surface area contributed by atoms with Gasteiger partial charge in [0.25, 0.3) is 0 Å². The lowest BCUT2D eigenvalue weighted by atomic mass is 10.2. The number of nitrogens with zero attached hydrogens (tertiary/aromatic N) is 5. The first kappa shape index (κ1) is 15.2. The standard InChI is InChI=1S/C16H17N5O2S/c1-21-14(11-4-3-5-12(8-11)22-2)18-19-16(21)24-9-13-17-15(23-20-13)10-6-7-10/h3-5,8,10H,6-7,9H2,1-2H3. The average Bonchev–Trinajstić information content (AvgIpc) is 3.24. The topological polar surface area (TPSA) is 78.9 Å². The Bertz CT molecular complexity index is 856. The molecule has 0 amide bonds. The van der Waals surface area contributed by atoms with E-state index >= 15 is 0 Å². The third-order valence-corrected chi connectivity index (χ3v) is 4.92. The Morgan fingerprint density at radius 3 is 3.00 bits per heavy atom. The van der Waals surface area contributed by atoms with Crippen molar-refractivity contribution in [3.63, 3.8) is 0 Å². The van der Waals surface area contributed by atoms with Crippen LogP contribution in [0.2, 0.25) is 0 Å². The second-order valence-corrected chi connectivity index (χ2v) is 6.65. The molecule has 0 saturated heterocycles. The lowest BCUT2D eigenvalue weighted by Crippen LogP contribution is -1.96. The van der Waals surface area contributed by atoms with Crippen molar-refractivity contribution in [2.45, 2.75) is 29.7 Å². The Hall–Kier alpha value is -2.35. The van der Waals surface area contributed by atoms with Gasteiger partial charge < -0.3 is 13.8 Å². The number of methoxy groups -OCH3 is 1. The predicted molar refractivity (Wildman–Crippen MR) is 88.8 cm³/mol. The van der Waals surface area contributed by atoms with Gasteiger partial charge in [0, 0.05) is 18.5 Å². The minimum Gasteiger partial charge on any atom is -0.497 e. The van der Waals surface area contributed by atoms with Crippen molar-refractivity contribution in [1.82, 2.24) is 24.9 Å². The minimum atomic E-state index is 0.478. The van der Waals surface area contributed by atoms with Crippen molar-refractivity contribution in [2.75, 3.05) is 7.11 Å². The summed E-state index contributed by atoms with van der Waals surface area (Å²) >= 11 is 1.54. The number of ether oxygens (including phenoxy) is 1. The largest absolute Gasteiger partial charge is 0.497 e. The smallest absolute Gasteiger partial charge is 0.229 e. The van der Waals surface area contributed by atoms with Crippen molar-refractivity contribution in [2.24, 2.45) is 7.05 Å². The van der Waals surface area contributed by atoms with Gasteiger partial charge in [-0.05, 0) is 25.0 Å². The third kappa shape index (κ3) is 3.01. The van der Waals surface area contributed by atoms with Gasteiger partial charge in [-0.2, -0.15) is 4.98 Å². The van der Waals surface area contributed by atoms with Gasteiger partial charge in [-0.25, -0.2) is 0 Å². The molecule has 0 spiro atoms. The summed E-state index contributed by atoms with van der Waals surface area (Å²) in [5.74, 6) is 4.15. The highest BCUT2D eigenvalue weighted by atomic mass is 32.2. The van der Waals surface area contributed by atoms with E-state index in [0.29, 0.717) is 17.5 Å². The lowest BCUT2D eigenvalue weighted by molar-refractivity contribution is 0.375. The van der Waals surface area contributed by atoms with Crippen molar-refractivity contribution in [3.8, 4) is 17.1 Å². The van der Waals surface area contributed by atoms with E-state index in [-0.39, 0.29) is 0 Å². The number of hydrogen-bond acceptors (Lipinski definition) is 7. The molecule has 1 aliphatic carbocycles. The molecule has 1 aromatic carbocycles. The normalized spacial score (nSPS) is 14.1. The van der Waals surface area contributed by atoms with Crippen molar-refractivity contribution in [3.05, 3.63) is 36.0 Å². The molecule has 2 heterocycles. The summed E-state index contributed by atoms with van der Waals surface area (Å²) in [7, 11) is 3.60. The molecule has 0 atom stereocenters. The van der Waals surface area contributed by atoms with Gasteiger partial charge >= 0.3 is 0 Å². The van der Waals surface area contributed by atoms with E-state index in [1.807, 2.05) is 35.9 Å². The van der Waals surface area contributed by atoms with Crippen LogP contribution < -0.4 is 4.74 Å². The molecule has 4 rings (SSSR count). The highest BCUT2D eigenvalue weighted by molar-refractivity contribution is 7.98. The van der Waals surface area contributed by atoms with Crippen LogP contribution >= 0.6 is 11.8 Å². The van der Waals surface area contributed by atoms with Gasteiger partial charge in [0.15, 0.2) is 16.8 Å². The summed E-state index contributed by atoms with van der Waals surface area (Å²) in [5.41, 5.74) is 0.965. The van der Waals surface area contributed by atoms with Gasteiger partial charge in [0.1, 0.15) is 5.75 Å². The zero-order chi connectivity index (χ0) is 16.5. The average molecular weight is 343 g/mol. The number of thioether (sulfide) groups is 1. The first-order valence-corrected chi connectivity index (χ1v) is 8.72. The van der Waals surface area contributed by atoms with Crippen LogP contribution in [0.15, 0.2) is 33.9 Å². The first-order valence-electron chi connectivity index (χ1n) is 7.73. The molecule has 0 unspecified atom stereocenters. The van der Waals surface area contributed by atoms with E-state index in [0.717, 1.165) is 41.0 Å². The quantitative estimate of drug-likeness (QED) is 0.636. The Kier molecular flexibility index (Phi) is 3.97. The summed E-state index contributed by atoms with van der Waals surface area (Å²) in [6.07, 6.45) is 2.31. The van der Waals surface area contributed by atoms with Gasteiger partial charge in [0.2, 0.25) is 5.89 Å². The molecule has 8 heteroatoms. The fourth-order valence-corrected chi connectivity index (χ4v) is 3.16. The maximum atomic E-state index is 5.28. The summed E-state index contributed by atoms with van der Waals surface area (Å²) in [6.45, 7) is 0. The Morgan fingerprint density at radius 2 is 2.21 bits per heavy atom. The summed E-state index contributed by atoms with van der Waals surface area (Å²) in [4.78, 5) is 4.43. The minimum absolute atomic E-state index is 0.478. The Morgan fingerprint density at radius 1 is 1.33 bits per heavy atom. The fraction of sp³-hybridized carbons (Fsp3) is 0.375. The van der Waals surface area contributed by atoms with E-state index in [2.05, 4.69) is 20.3 Å². The van der Waals surface area contributed by atoms with Crippen molar-refractivity contribution < 1.29 is 9.26 Å². The lowest BCUT2D eigenvalue weighted by Gasteiger charge is -2.05. The van der Waals surface area contributed by atoms with Crippen LogP contribution in [-0.4, -0.2) is 32.0 Å². The second-order valence-electron chi connectivity index (χ2n) is 5.71. The van der Waals surface area contributed by atoms with Gasteiger partial charge in [0.05, 0.1) is 12.9 Å². The van der Waals surface area contributed by atoms with Crippen LogP contribution in [0.25, 0.3) is 11.4 Å². The van der Waals surface area contributed by atoms with E-state index < -0.39 is 0 Å². The van der Waals surface area contributed by atoms with Crippen molar-refractivity contribution in [1.29, 1.82) is 0 Å². The maximum Gasteiger partial charge on any atom is 0.229 e. The van der Waals surface area contributed by atoms with Crippen LogP contribution in [0, 0.1) is 0 Å². The van der Waals surface area contributed by atoms with Gasteiger partial charge in [-0.1, -0.05) is 29.1 Å². The number of benzene rings is 1. The first-order chi connectivity index (χ1) is 11.7. The summed E-state index contributed by atoms with van der Waals surface area (Å²) < 4.78 is 12.5. The molecule has 7 nitrogen and oxygen atoms in total. The van der Waals surface area contributed by atoms with Crippen LogP contribution in [0.4, 0.5) is 0 Å². The molecule has 0 bridgehead atoms. The highest BCUT2D eigenvalue weighted by Gasteiger charge is 2.29. The number of rotatable bonds is 6. The van der Waals surface area contributed by atoms with Gasteiger partial charge in [-0.3, -0.25) is 0 Å². The number of aromatic nitrogens is 5. The van der Waals surface area contributed by atoms with Crippen molar-refractivity contribution >= 4 is 11.8 Å². The highest BCUT2D eigenvalue weighted by Crippen LogP contribution is 2.39. The molecule has 1 fully saturated rings.